The van der Waals surface area contributed by atoms with Gasteiger partial charge in [-0.05, 0) is 43.7 Å². The van der Waals surface area contributed by atoms with Gasteiger partial charge in [0.2, 0.25) is 0 Å². The second kappa shape index (κ2) is 7.09. The van der Waals surface area contributed by atoms with Crippen LogP contribution in [0.25, 0.3) is 11.4 Å². The summed E-state index contributed by atoms with van der Waals surface area (Å²) in [5, 5.41) is 12.4. The third kappa shape index (κ3) is 3.63. The number of rotatable bonds is 5. The standard InChI is InChI=1S/C19H18N4O2/c1-3-16-12(2)21-17(13-7-9-20-10-8-13)23-18(16)22-15-6-4-5-14(11-15)19(24)25/h4-11H,3H2,1-2H3,(H,24,25)(H,21,22,23). The van der Waals surface area contributed by atoms with Gasteiger partial charge in [-0.2, -0.15) is 0 Å². The summed E-state index contributed by atoms with van der Waals surface area (Å²) >= 11 is 0. The molecule has 0 atom stereocenters. The van der Waals surface area contributed by atoms with Gasteiger partial charge in [0, 0.05) is 34.9 Å². The van der Waals surface area contributed by atoms with Crippen LogP contribution in [0.1, 0.15) is 28.5 Å². The maximum Gasteiger partial charge on any atom is 0.335 e. The van der Waals surface area contributed by atoms with Gasteiger partial charge in [0.15, 0.2) is 5.82 Å². The predicted molar refractivity (Wildman–Crippen MR) is 96.1 cm³/mol. The lowest BCUT2D eigenvalue weighted by Gasteiger charge is -2.14. The second-order valence-corrected chi connectivity index (χ2v) is 5.56. The van der Waals surface area contributed by atoms with E-state index in [1.165, 1.54) is 0 Å². The van der Waals surface area contributed by atoms with Gasteiger partial charge in [0.05, 0.1) is 5.56 Å². The number of hydrogen-bond donors (Lipinski definition) is 2. The van der Waals surface area contributed by atoms with Crippen LogP contribution in [0.15, 0.2) is 48.8 Å². The number of carboxylic acids is 1. The number of aryl methyl sites for hydroxylation is 1. The first kappa shape index (κ1) is 16.6. The van der Waals surface area contributed by atoms with Gasteiger partial charge in [-0.3, -0.25) is 4.98 Å². The van der Waals surface area contributed by atoms with Gasteiger partial charge >= 0.3 is 5.97 Å². The number of nitrogens with zero attached hydrogens (tertiary/aromatic N) is 3. The molecule has 25 heavy (non-hydrogen) atoms. The van der Waals surface area contributed by atoms with E-state index >= 15 is 0 Å². The van der Waals surface area contributed by atoms with Crippen molar-refractivity contribution >= 4 is 17.5 Å². The van der Waals surface area contributed by atoms with Crippen LogP contribution in [-0.4, -0.2) is 26.0 Å². The van der Waals surface area contributed by atoms with Gasteiger partial charge in [-0.1, -0.05) is 13.0 Å². The Labute approximate surface area is 145 Å². The molecule has 2 aromatic heterocycles. The number of aromatic nitrogens is 3. The van der Waals surface area contributed by atoms with E-state index in [0.717, 1.165) is 23.2 Å². The molecule has 6 nitrogen and oxygen atoms in total. The fraction of sp³-hybridized carbons (Fsp3) is 0.158. The molecular formula is C19H18N4O2. The first-order valence-corrected chi connectivity index (χ1v) is 7.96. The van der Waals surface area contributed by atoms with Gasteiger partial charge < -0.3 is 10.4 Å². The minimum absolute atomic E-state index is 0.225. The third-order valence-corrected chi connectivity index (χ3v) is 3.88. The van der Waals surface area contributed by atoms with Crippen LogP contribution in [0, 0.1) is 6.92 Å². The number of anilines is 2. The van der Waals surface area contributed by atoms with E-state index in [-0.39, 0.29) is 5.56 Å². The Balaban J connectivity index is 2.04. The zero-order valence-electron chi connectivity index (χ0n) is 14.0. The average molecular weight is 334 g/mol. The van der Waals surface area contributed by atoms with Crippen molar-refractivity contribution in [1.82, 2.24) is 15.0 Å². The van der Waals surface area contributed by atoms with Crippen molar-refractivity contribution < 1.29 is 9.90 Å². The highest BCUT2D eigenvalue weighted by molar-refractivity contribution is 5.89. The Bertz CT molecular complexity index is 911. The Kier molecular flexibility index (Phi) is 4.70. The molecule has 2 N–H and O–H groups in total. The lowest BCUT2D eigenvalue weighted by molar-refractivity contribution is 0.0697. The van der Waals surface area contributed by atoms with E-state index in [1.807, 2.05) is 32.0 Å². The fourth-order valence-electron chi connectivity index (χ4n) is 2.62. The van der Waals surface area contributed by atoms with Crippen LogP contribution in [0.2, 0.25) is 0 Å². The maximum absolute atomic E-state index is 11.2. The van der Waals surface area contributed by atoms with Crippen LogP contribution in [0.3, 0.4) is 0 Å². The van der Waals surface area contributed by atoms with Crippen LogP contribution >= 0.6 is 0 Å². The SMILES string of the molecule is CCc1c(C)nc(-c2ccncc2)nc1Nc1cccc(C(=O)O)c1. The molecule has 2 heterocycles. The highest BCUT2D eigenvalue weighted by Gasteiger charge is 2.13. The normalized spacial score (nSPS) is 10.5. The molecule has 3 rings (SSSR count). The summed E-state index contributed by atoms with van der Waals surface area (Å²) in [6, 6.07) is 10.4. The molecule has 0 radical (unpaired) electrons. The van der Waals surface area contributed by atoms with Crippen molar-refractivity contribution in [3.05, 3.63) is 65.6 Å². The average Bonchev–Trinajstić information content (AvgIpc) is 2.62. The summed E-state index contributed by atoms with van der Waals surface area (Å²) in [6.45, 7) is 3.99. The number of aromatic carboxylic acids is 1. The molecule has 0 aliphatic carbocycles. The summed E-state index contributed by atoms with van der Waals surface area (Å²) in [5.41, 5.74) is 3.67. The zero-order chi connectivity index (χ0) is 17.8. The minimum Gasteiger partial charge on any atom is -0.478 e. The van der Waals surface area contributed by atoms with Gasteiger partial charge in [0.25, 0.3) is 0 Å². The van der Waals surface area contributed by atoms with E-state index in [1.54, 1.807) is 30.6 Å². The summed E-state index contributed by atoms with van der Waals surface area (Å²) in [7, 11) is 0. The molecule has 0 fully saturated rings. The zero-order valence-corrected chi connectivity index (χ0v) is 14.0. The molecule has 0 saturated heterocycles. The molecule has 0 saturated carbocycles. The molecule has 6 heteroatoms. The van der Waals surface area contributed by atoms with Gasteiger partial charge in [0.1, 0.15) is 5.82 Å². The number of hydrogen-bond acceptors (Lipinski definition) is 5. The van der Waals surface area contributed by atoms with Crippen molar-refractivity contribution in [2.24, 2.45) is 0 Å². The Morgan fingerprint density at radius 1 is 1.16 bits per heavy atom. The quantitative estimate of drug-likeness (QED) is 0.737. The number of nitrogens with one attached hydrogen (secondary N) is 1. The lowest BCUT2D eigenvalue weighted by Crippen LogP contribution is -2.06. The van der Waals surface area contributed by atoms with Crippen molar-refractivity contribution in [3.8, 4) is 11.4 Å². The van der Waals surface area contributed by atoms with Crippen LogP contribution in [-0.2, 0) is 6.42 Å². The highest BCUT2D eigenvalue weighted by Crippen LogP contribution is 2.25. The number of carboxylic acid groups (broad SMARTS) is 1. The molecule has 0 aliphatic rings. The Hall–Kier alpha value is -3.28. The smallest absolute Gasteiger partial charge is 0.335 e. The van der Waals surface area contributed by atoms with E-state index in [0.29, 0.717) is 17.3 Å². The summed E-state index contributed by atoms with van der Waals surface area (Å²) in [5.74, 6) is 0.328. The van der Waals surface area contributed by atoms with E-state index in [9.17, 15) is 4.79 Å². The minimum atomic E-state index is -0.962. The molecule has 0 aliphatic heterocycles. The second-order valence-electron chi connectivity index (χ2n) is 5.56. The Morgan fingerprint density at radius 2 is 1.92 bits per heavy atom. The predicted octanol–water partition coefficient (Wildman–Crippen LogP) is 3.85. The Morgan fingerprint density at radius 3 is 2.60 bits per heavy atom. The molecule has 0 spiro atoms. The van der Waals surface area contributed by atoms with E-state index in [2.05, 4.69) is 20.3 Å². The molecule has 3 aromatic rings. The van der Waals surface area contributed by atoms with Crippen LogP contribution in [0.5, 0.6) is 0 Å². The van der Waals surface area contributed by atoms with Crippen molar-refractivity contribution in [1.29, 1.82) is 0 Å². The first-order valence-electron chi connectivity index (χ1n) is 7.96. The van der Waals surface area contributed by atoms with Gasteiger partial charge in [-0.15, -0.1) is 0 Å². The summed E-state index contributed by atoms with van der Waals surface area (Å²) in [4.78, 5) is 24.4. The molecule has 126 valence electrons. The van der Waals surface area contributed by atoms with Gasteiger partial charge in [-0.25, -0.2) is 14.8 Å². The number of benzene rings is 1. The molecule has 0 unspecified atom stereocenters. The number of pyridine rings is 1. The molecule has 1 aromatic carbocycles. The van der Waals surface area contributed by atoms with Crippen LogP contribution < -0.4 is 5.32 Å². The van der Waals surface area contributed by atoms with E-state index in [4.69, 9.17) is 5.11 Å². The summed E-state index contributed by atoms with van der Waals surface area (Å²) < 4.78 is 0. The largest absolute Gasteiger partial charge is 0.478 e. The first-order chi connectivity index (χ1) is 12.1. The van der Waals surface area contributed by atoms with Crippen LogP contribution in [0.4, 0.5) is 11.5 Å². The summed E-state index contributed by atoms with van der Waals surface area (Å²) in [6.07, 6.45) is 4.17. The van der Waals surface area contributed by atoms with Crippen molar-refractivity contribution in [3.63, 3.8) is 0 Å². The maximum atomic E-state index is 11.2. The van der Waals surface area contributed by atoms with Crippen molar-refractivity contribution in [2.75, 3.05) is 5.32 Å². The molecule has 0 amide bonds. The molecule has 0 bridgehead atoms. The van der Waals surface area contributed by atoms with E-state index < -0.39 is 5.97 Å². The highest BCUT2D eigenvalue weighted by atomic mass is 16.4. The fourth-order valence-corrected chi connectivity index (χ4v) is 2.62. The molecular weight excluding hydrogens is 316 g/mol. The van der Waals surface area contributed by atoms with Crippen molar-refractivity contribution in [2.45, 2.75) is 20.3 Å². The lowest BCUT2D eigenvalue weighted by atomic mass is 10.1. The number of carbonyl (C=O) groups is 1. The topological polar surface area (TPSA) is 88.0 Å². The monoisotopic (exact) mass is 334 g/mol. The third-order valence-electron chi connectivity index (χ3n) is 3.88.